The van der Waals surface area contributed by atoms with E-state index >= 15 is 0 Å². The van der Waals surface area contributed by atoms with Crippen molar-refractivity contribution >= 4 is 23.2 Å². The van der Waals surface area contributed by atoms with E-state index in [4.69, 9.17) is 4.74 Å². The van der Waals surface area contributed by atoms with Crippen LogP contribution in [0.2, 0.25) is 0 Å². The molecule has 0 aliphatic heterocycles. The molecule has 0 bridgehead atoms. The summed E-state index contributed by atoms with van der Waals surface area (Å²) in [6.45, 7) is 4.75. The number of anilines is 2. The molecule has 1 saturated carbocycles. The Balaban J connectivity index is 1.64. The minimum atomic E-state index is -0.217. The molecule has 1 fully saturated rings. The Hall–Kier alpha value is -2.82. The van der Waals surface area contributed by atoms with Gasteiger partial charge in [0.2, 0.25) is 5.91 Å². The van der Waals surface area contributed by atoms with Gasteiger partial charge in [-0.15, -0.1) is 0 Å². The summed E-state index contributed by atoms with van der Waals surface area (Å²) >= 11 is 0. The Bertz CT molecular complexity index is 797. The first-order valence-corrected chi connectivity index (χ1v) is 8.96. The Morgan fingerprint density at radius 1 is 1.04 bits per heavy atom. The summed E-state index contributed by atoms with van der Waals surface area (Å²) in [5, 5.41) is 5.75. The first-order chi connectivity index (χ1) is 12.5. The summed E-state index contributed by atoms with van der Waals surface area (Å²) in [5.74, 6) is 1.06. The molecule has 2 aromatic carbocycles. The van der Waals surface area contributed by atoms with Crippen molar-refractivity contribution in [2.75, 3.05) is 17.2 Å². The first-order valence-electron chi connectivity index (χ1n) is 8.96. The van der Waals surface area contributed by atoms with E-state index in [1.54, 1.807) is 36.4 Å². The quantitative estimate of drug-likeness (QED) is 0.780. The van der Waals surface area contributed by atoms with Crippen molar-refractivity contribution in [3.05, 3.63) is 54.1 Å². The van der Waals surface area contributed by atoms with Crippen molar-refractivity contribution in [1.29, 1.82) is 0 Å². The summed E-state index contributed by atoms with van der Waals surface area (Å²) in [6, 6.07) is 14.3. The topological polar surface area (TPSA) is 67.4 Å². The van der Waals surface area contributed by atoms with Crippen LogP contribution in [0.5, 0.6) is 5.75 Å². The monoisotopic (exact) mass is 352 g/mol. The zero-order chi connectivity index (χ0) is 18.5. The summed E-state index contributed by atoms with van der Waals surface area (Å²) in [5.41, 5.74) is 1.85. The highest BCUT2D eigenvalue weighted by molar-refractivity contribution is 6.05. The van der Waals surface area contributed by atoms with Gasteiger partial charge in [0, 0.05) is 22.9 Å². The highest BCUT2D eigenvalue weighted by Gasteiger charge is 2.29. The number of nitrogens with one attached hydrogen (secondary N) is 2. The molecular formula is C21H24N2O3. The molecule has 26 heavy (non-hydrogen) atoms. The SMILES string of the molecule is CC(C)COc1cccc(C(=O)Nc2cccc(NC(=O)C3CC3)c2)c1. The summed E-state index contributed by atoms with van der Waals surface area (Å²) in [6.07, 6.45) is 1.91. The van der Waals surface area contributed by atoms with Gasteiger partial charge in [-0.2, -0.15) is 0 Å². The molecule has 1 aliphatic carbocycles. The van der Waals surface area contributed by atoms with Gasteiger partial charge in [-0.3, -0.25) is 9.59 Å². The molecular weight excluding hydrogens is 328 g/mol. The van der Waals surface area contributed by atoms with E-state index in [1.165, 1.54) is 0 Å². The number of carbonyl (C=O) groups is 2. The lowest BCUT2D eigenvalue weighted by atomic mass is 10.2. The van der Waals surface area contributed by atoms with Gasteiger partial charge in [-0.1, -0.05) is 26.0 Å². The number of carbonyl (C=O) groups excluding carboxylic acids is 2. The molecule has 2 amide bonds. The smallest absolute Gasteiger partial charge is 0.255 e. The standard InChI is InChI=1S/C21H24N2O3/c1-14(2)13-26-19-8-3-5-16(11-19)21(25)23-18-7-4-6-17(12-18)22-20(24)15-9-10-15/h3-8,11-12,14-15H,9-10,13H2,1-2H3,(H,22,24)(H,23,25). The van der Waals surface area contributed by atoms with Gasteiger partial charge in [0.15, 0.2) is 0 Å². The van der Waals surface area contributed by atoms with Gasteiger partial charge in [0.1, 0.15) is 5.75 Å². The van der Waals surface area contributed by atoms with Crippen LogP contribution < -0.4 is 15.4 Å². The van der Waals surface area contributed by atoms with E-state index in [-0.39, 0.29) is 17.7 Å². The fourth-order valence-electron chi connectivity index (χ4n) is 2.46. The third kappa shape index (κ3) is 5.09. The molecule has 136 valence electrons. The van der Waals surface area contributed by atoms with Crippen LogP contribution in [0.25, 0.3) is 0 Å². The van der Waals surface area contributed by atoms with Crippen LogP contribution >= 0.6 is 0 Å². The lowest BCUT2D eigenvalue weighted by Crippen LogP contribution is -2.15. The fourth-order valence-corrected chi connectivity index (χ4v) is 2.46. The van der Waals surface area contributed by atoms with Gasteiger partial charge in [0.05, 0.1) is 6.61 Å². The van der Waals surface area contributed by atoms with Crippen LogP contribution in [0.3, 0.4) is 0 Å². The molecule has 0 radical (unpaired) electrons. The largest absolute Gasteiger partial charge is 0.493 e. The highest BCUT2D eigenvalue weighted by atomic mass is 16.5. The van der Waals surface area contributed by atoms with Gasteiger partial charge in [0.25, 0.3) is 5.91 Å². The summed E-state index contributed by atoms with van der Waals surface area (Å²) in [4.78, 5) is 24.4. The molecule has 2 aromatic rings. The van der Waals surface area contributed by atoms with Gasteiger partial charge in [-0.05, 0) is 55.2 Å². The third-order valence-electron chi connectivity index (χ3n) is 4.02. The number of hydrogen-bond acceptors (Lipinski definition) is 3. The van der Waals surface area contributed by atoms with Crippen LogP contribution in [0.1, 0.15) is 37.0 Å². The van der Waals surface area contributed by atoms with E-state index in [2.05, 4.69) is 24.5 Å². The maximum atomic E-state index is 12.5. The number of hydrogen-bond donors (Lipinski definition) is 2. The predicted molar refractivity (Wildman–Crippen MR) is 103 cm³/mol. The van der Waals surface area contributed by atoms with Crippen LogP contribution in [-0.4, -0.2) is 18.4 Å². The average Bonchev–Trinajstić information content (AvgIpc) is 3.46. The van der Waals surface area contributed by atoms with Gasteiger partial charge >= 0.3 is 0 Å². The van der Waals surface area contributed by atoms with E-state index in [0.29, 0.717) is 35.2 Å². The molecule has 2 N–H and O–H groups in total. The van der Waals surface area contributed by atoms with E-state index in [9.17, 15) is 9.59 Å². The summed E-state index contributed by atoms with van der Waals surface area (Å²) in [7, 11) is 0. The number of ether oxygens (including phenoxy) is 1. The Morgan fingerprint density at radius 3 is 2.42 bits per heavy atom. The molecule has 0 aromatic heterocycles. The maximum Gasteiger partial charge on any atom is 0.255 e. The Labute approximate surface area is 153 Å². The van der Waals surface area contributed by atoms with Gasteiger partial charge < -0.3 is 15.4 Å². The molecule has 0 unspecified atom stereocenters. The van der Waals surface area contributed by atoms with Crippen molar-refractivity contribution in [3.8, 4) is 5.75 Å². The lowest BCUT2D eigenvalue weighted by molar-refractivity contribution is -0.117. The van der Waals surface area contributed by atoms with Crippen LogP contribution in [0.15, 0.2) is 48.5 Å². The van der Waals surface area contributed by atoms with E-state index in [1.807, 2.05) is 12.1 Å². The zero-order valence-electron chi connectivity index (χ0n) is 15.1. The van der Waals surface area contributed by atoms with E-state index in [0.717, 1.165) is 12.8 Å². The van der Waals surface area contributed by atoms with Crippen molar-refractivity contribution in [3.63, 3.8) is 0 Å². The van der Waals surface area contributed by atoms with Crippen molar-refractivity contribution in [1.82, 2.24) is 0 Å². The van der Waals surface area contributed by atoms with Crippen LogP contribution in [-0.2, 0) is 4.79 Å². The minimum Gasteiger partial charge on any atom is -0.493 e. The maximum absolute atomic E-state index is 12.5. The van der Waals surface area contributed by atoms with Crippen molar-refractivity contribution in [2.24, 2.45) is 11.8 Å². The second kappa shape index (κ2) is 8.04. The summed E-state index contributed by atoms with van der Waals surface area (Å²) < 4.78 is 5.67. The second-order valence-electron chi connectivity index (χ2n) is 7.03. The molecule has 0 heterocycles. The van der Waals surface area contributed by atoms with Crippen molar-refractivity contribution < 1.29 is 14.3 Å². The molecule has 0 saturated heterocycles. The molecule has 0 spiro atoms. The number of rotatable bonds is 7. The van der Waals surface area contributed by atoms with Crippen LogP contribution in [0.4, 0.5) is 11.4 Å². The first kappa shape index (κ1) is 18.0. The molecule has 5 nitrogen and oxygen atoms in total. The Morgan fingerprint density at radius 2 is 1.73 bits per heavy atom. The molecule has 3 rings (SSSR count). The van der Waals surface area contributed by atoms with Crippen molar-refractivity contribution in [2.45, 2.75) is 26.7 Å². The third-order valence-corrected chi connectivity index (χ3v) is 4.02. The highest BCUT2D eigenvalue weighted by Crippen LogP contribution is 2.30. The minimum absolute atomic E-state index is 0.0449. The lowest BCUT2D eigenvalue weighted by Gasteiger charge is -2.11. The second-order valence-corrected chi connectivity index (χ2v) is 7.03. The fraction of sp³-hybridized carbons (Fsp3) is 0.333. The number of benzene rings is 2. The molecule has 1 aliphatic rings. The zero-order valence-corrected chi connectivity index (χ0v) is 15.1. The normalized spacial score (nSPS) is 13.3. The van der Waals surface area contributed by atoms with Gasteiger partial charge in [-0.25, -0.2) is 0 Å². The molecule has 5 heteroatoms. The predicted octanol–water partition coefficient (Wildman–Crippen LogP) is 4.32. The Kier molecular flexibility index (Phi) is 5.56. The average molecular weight is 352 g/mol. The van der Waals surface area contributed by atoms with E-state index < -0.39 is 0 Å². The number of amides is 2. The van der Waals surface area contributed by atoms with Crippen LogP contribution in [0, 0.1) is 11.8 Å². The molecule has 0 atom stereocenters.